The average Bonchev–Trinajstić information content (AvgIpc) is 3.25. The maximum atomic E-state index is 11.0. The van der Waals surface area contributed by atoms with Gasteiger partial charge in [0.2, 0.25) is 7.55 Å². The first-order valence-corrected chi connectivity index (χ1v) is 7.02. The second-order valence-electron chi connectivity index (χ2n) is 5.22. The molecule has 164 valence electrons. The van der Waals surface area contributed by atoms with Gasteiger partial charge >= 0.3 is 23.2 Å². The summed E-state index contributed by atoms with van der Waals surface area (Å²) >= 11 is 0. The molecule has 0 aliphatic carbocycles. The van der Waals surface area contributed by atoms with Gasteiger partial charge in [0.25, 0.3) is 0 Å². The fourth-order valence-corrected chi connectivity index (χ4v) is 2.06. The van der Waals surface area contributed by atoms with E-state index in [-0.39, 0.29) is 9.42 Å². The lowest BCUT2D eigenvalue weighted by Gasteiger charge is -2.06. The van der Waals surface area contributed by atoms with Crippen molar-refractivity contribution in [1.82, 2.24) is 40.2 Å². The van der Waals surface area contributed by atoms with Crippen molar-refractivity contribution in [2.75, 3.05) is 0 Å². The summed E-state index contributed by atoms with van der Waals surface area (Å²) in [6, 6.07) is 0. The van der Waals surface area contributed by atoms with Gasteiger partial charge in [-0.2, -0.15) is 10.2 Å². The number of tetrazole rings is 2. The van der Waals surface area contributed by atoms with E-state index in [1.54, 1.807) is 0 Å². The maximum Gasteiger partial charge on any atom is 0.766 e. The molecule has 0 atom stereocenters. The normalized spacial score (nSPS) is 11.6. The van der Waals surface area contributed by atoms with Crippen LogP contribution in [0.15, 0.2) is 0 Å². The highest BCUT2D eigenvalue weighted by atomic mass is 16.7. The third-order valence-corrected chi connectivity index (χ3v) is 3.50. The zero-order chi connectivity index (χ0) is 23.7. The second kappa shape index (κ2) is 7.21. The Morgan fingerprint density at radius 1 is 0.581 bits per heavy atom. The van der Waals surface area contributed by atoms with Crippen molar-refractivity contribution in [3.05, 3.63) is 72.3 Å². The van der Waals surface area contributed by atoms with Crippen LogP contribution in [0.2, 0.25) is 0 Å². The Labute approximate surface area is 162 Å². The molecular formula is C4H2BN14O12-. The van der Waals surface area contributed by atoms with Crippen LogP contribution < -0.4 is 0 Å². The number of hydrogen-bond acceptors (Lipinski definition) is 18. The van der Waals surface area contributed by atoms with Gasteiger partial charge in [0.15, 0.2) is 29.5 Å². The first-order chi connectivity index (χ1) is 14.3. The summed E-state index contributed by atoms with van der Waals surface area (Å²) in [6.45, 7) is 0. The molecule has 0 amide bonds. The largest absolute Gasteiger partial charge is 0.766 e. The molecule has 27 heteroatoms. The van der Waals surface area contributed by atoms with Gasteiger partial charge in [-0.3, -0.25) is 60.7 Å². The Bertz CT molecular complexity index is 960. The molecule has 26 nitrogen and oxygen atoms in total. The monoisotopic (exact) mass is 449 g/mol. The van der Waals surface area contributed by atoms with Crippen LogP contribution in [-0.2, 0) is 11.6 Å². The van der Waals surface area contributed by atoms with Crippen molar-refractivity contribution in [2.45, 2.75) is 11.6 Å². The lowest BCUT2D eigenvalue weighted by molar-refractivity contribution is -0.987. The highest BCUT2D eigenvalue weighted by molar-refractivity contribution is 6.29. The molecule has 0 saturated heterocycles. The van der Waals surface area contributed by atoms with Crippen LogP contribution in [0.1, 0.15) is 11.6 Å². The van der Waals surface area contributed by atoms with E-state index >= 15 is 0 Å². The number of aromatic nitrogens is 8. The molecule has 0 aromatic carbocycles. The van der Waals surface area contributed by atoms with E-state index in [9.17, 15) is 60.7 Å². The quantitative estimate of drug-likeness (QED) is 0.142. The zero-order valence-electron chi connectivity index (χ0n) is 14.2. The van der Waals surface area contributed by atoms with Crippen LogP contribution in [-0.4, -0.2) is 77.3 Å². The smallest absolute Gasteiger partial charge is 0.323 e. The van der Waals surface area contributed by atoms with E-state index in [2.05, 4.69) is 30.8 Å². The summed E-state index contributed by atoms with van der Waals surface area (Å²) < 4.78 is 0.580. The summed E-state index contributed by atoms with van der Waals surface area (Å²) in [5, 5.41) is 83.9. The van der Waals surface area contributed by atoms with Crippen LogP contribution in [0.3, 0.4) is 0 Å². The van der Waals surface area contributed by atoms with Crippen molar-refractivity contribution in [3.8, 4) is 0 Å². The predicted octanol–water partition coefficient (Wildman–Crippen LogP) is -5.06. The second-order valence-corrected chi connectivity index (χ2v) is 5.22. The molecule has 31 heavy (non-hydrogen) atoms. The van der Waals surface area contributed by atoms with Crippen molar-refractivity contribution in [2.24, 2.45) is 0 Å². The third kappa shape index (κ3) is 3.01. The summed E-state index contributed by atoms with van der Waals surface area (Å²) in [5.41, 5.74) is 0. The molecule has 0 radical (unpaired) electrons. The van der Waals surface area contributed by atoms with E-state index in [4.69, 9.17) is 0 Å². The zero-order valence-corrected chi connectivity index (χ0v) is 14.2. The lowest BCUT2D eigenvalue weighted by Crippen LogP contribution is -2.51. The predicted molar refractivity (Wildman–Crippen MR) is 80.3 cm³/mol. The number of hydrogen-bond donors (Lipinski definition) is 0. The van der Waals surface area contributed by atoms with Crippen LogP contribution in [0.5, 0.6) is 0 Å². The minimum Gasteiger partial charge on any atom is -0.323 e. The Morgan fingerprint density at radius 3 is 1.06 bits per heavy atom. The average molecular weight is 449 g/mol. The van der Waals surface area contributed by atoms with Gasteiger partial charge < -0.3 is 9.42 Å². The Morgan fingerprint density at radius 2 is 0.839 bits per heavy atom. The fourth-order valence-electron chi connectivity index (χ4n) is 2.06. The van der Waals surface area contributed by atoms with Crippen molar-refractivity contribution >= 4 is 7.55 Å². The van der Waals surface area contributed by atoms with Gasteiger partial charge in [-0.1, -0.05) is 20.6 Å². The minimum atomic E-state index is -4.22. The van der Waals surface area contributed by atoms with Crippen LogP contribution in [0, 0.1) is 60.7 Å². The van der Waals surface area contributed by atoms with Gasteiger partial charge in [-0.25, -0.2) is 0 Å². The Hall–Kier alpha value is -5.40. The minimum absolute atomic E-state index is 0.290. The van der Waals surface area contributed by atoms with Crippen molar-refractivity contribution in [3.63, 3.8) is 0 Å². The van der Waals surface area contributed by atoms with Crippen molar-refractivity contribution in [1.29, 1.82) is 0 Å². The summed E-state index contributed by atoms with van der Waals surface area (Å²) in [4.78, 5) is 54.4. The summed E-state index contributed by atoms with van der Waals surface area (Å²) in [5.74, 6) is -11.6. The molecule has 0 N–H and O–H groups in total. The standard InChI is InChI=1S/C4H2BN14O12/c20-12(21)3(13(22)23,14(24)25)1-6-10-18(8-1)5-19-9-2(7-11-19)4(15(26)27,16(28)29)17(30)31/h5H2/q-1. The van der Waals surface area contributed by atoms with E-state index < -0.39 is 60.3 Å². The molecular weight excluding hydrogens is 447 g/mol. The molecule has 0 aliphatic heterocycles. The van der Waals surface area contributed by atoms with E-state index in [0.29, 0.717) is 0 Å². The molecule has 0 saturated carbocycles. The first-order valence-electron chi connectivity index (χ1n) is 7.02. The number of nitro groups is 6. The van der Waals surface area contributed by atoms with Crippen LogP contribution in [0.4, 0.5) is 0 Å². The molecule has 0 fully saturated rings. The van der Waals surface area contributed by atoms with Gasteiger partial charge in [0, 0.05) is 0 Å². The highest BCUT2D eigenvalue weighted by Crippen LogP contribution is 2.23. The molecule has 2 aromatic rings. The van der Waals surface area contributed by atoms with E-state index in [1.807, 2.05) is 0 Å². The van der Waals surface area contributed by atoms with E-state index in [1.165, 1.54) is 0 Å². The molecule has 2 aromatic heterocycles. The third-order valence-electron chi connectivity index (χ3n) is 3.50. The maximum absolute atomic E-state index is 11.0. The van der Waals surface area contributed by atoms with E-state index in [0.717, 1.165) is 0 Å². The van der Waals surface area contributed by atoms with Crippen molar-refractivity contribution < 1.29 is 29.5 Å². The molecule has 0 spiro atoms. The topological polar surface area (TPSA) is 346 Å². The SMILES string of the molecule is O=[N+]([O-])C(c1nnn([BH2-]n2nnc(C([N+](=O)[O-])([N+](=O)[O-])[N+](=O)[O-])n2)n1)([N+](=O)[O-])[N+](=O)[O-]. The molecule has 0 aliphatic rings. The fraction of sp³-hybridized carbons (Fsp3) is 0.500. The Kier molecular flexibility index (Phi) is 5.09. The molecule has 2 heterocycles. The highest BCUT2D eigenvalue weighted by Gasteiger charge is 2.77. The number of nitrogens with zero attached hydrogens (tertiary/aromatic N) is 14. The van der Waals surface area contributed by atoms with Crippen LogP contribution >= 0.6 is 0 Å². The van der Waals surface area contributed by atoms with Crippen LogP contribution in [0.25, 0.3) is 0 Å². The van der Waals surface area contributed by atoms with Gasteiger partial charge in [0.05, 0.1) is 0 Å². The first kappa shape index (κ1) is 21.9. The summed E-state index contributed by atoms with van der Waals surface area (Å²) in [7, 11) is -2.38. The molecule has 2 rings (SSSR count). The summed E-state index contributed by atoms with van der Waals surface area (Å²) in [6.07, 6.45) is 0. The number of rotatable bonds is 10. The van der Waals surface area contributed by atoms with Gasteiger partial charge in [-0.05, 0) is 0 Å². The molecule has 0 bridgehead atoms. The van der Waals surface area contributed by atoms with Gasteiger partial charge in [-0.15, -0.1) is 0 Å². The Balaban J connectivity index is 2.46. The van der Waals surface area contributed by atoms with Gasteiger partial charge in [0.1, 0.15) is 0 Å². The lowest BCUT2D eigenvalue weighted by atomic mass is 10.2. The molecule has 0 unspecified atom stereocenters.